The van der Waals surface area contributed by atoms with Gasteiger partial charge >= 0.3 is 0 Å². The van der Waals surface area contributed by atoms with Crippen LogP contribution in [0.25, 0.3) is 0 Å². The van der Waals surface area contributed by atoms with Crippen molar-refractivity contribution in [2.24, 2.45) is 0 Å². The zero-order valence-electron chi connectivity index (χ0n) is 12.6. The molecule has 0 radical (unpaired) electrons. The molecule has 0 fully saturated rings. The smallest absolute Gasteiger partial charge is 0.293 e. The van der Waals surface area contributed by atoms with Crippen molar-refractivity contribution in [2.45, 2.75) is 6.54 Å². The Balaban J connectivity index is 1.97. The van der Waals surface area contributed by atoms with Gasteiger partial charge in [0, 0.05) is 24.2 Å². The maximum absolute atomic E-state index is 11.1. The lowest BCUT2D eigenvalue weighted by molar-refractivity contribution is -0.384. The summed E-state index contributed by atoms with van der Waals surface area (Å²) >= 11 is 3.24. The lowest BCUT2D eigenvalue weighted by atomic mass is 10.2. The van der Waals surface area contributed by atoms with Crippen LogP contribution in [-0.2, 0) is 11.3 Å². The molecule has 0 saturated carbocycles. The summed E-state index contributed by atoms with van der Waals surface area (Å²) < 4.78 is 11.1. The van der Waals surface area contributed by atoms with Crippen LogP contribution in [0, 0.1) is 10.1 Å². The summed E-state index contributed by atoms with van der Waals surface area (Å²) in [5, 5.41) is 14.2. The van der Waals surface area contributed by atoms with Gasteiger partial charge in [-0.1, -0.05) is 28.1 Å². The van der Waals surface area contributed by atoms with E-state index in [2.05, 4.69) is 21.2 Å². The van der Waals surface area contributed by atoms with Crippen LogP contribution in [0.4, 0.5) is 11.4 Å². The molecule has 0 aliphatic heterocycles. The lowest BCUT2D eigenvalue weighted by Crippen LogP contribution is -2.05. The highest BCUT2D eigenvalue weighted by Gasteiger charge is 2.13. The fraction of sp³-hybridized carbons (Fsp3) is 0.250. The summed E-state index contributed by atoms with van der Waals surface area (Å²) in [5.41, 5.74) is 1.53. The van der Waals surface area contributed by atoms with Crippen LogP contribution in [0.1, 0.15) is 5.56 Å². The normalized spacial score (nSPS) is 10.3. The van der Waals surface area contributed by atoms with E-state index < -0.39 is 4.92 Å². The maximum atomic E-state index is 11.1. The van der Waals surface area contributed by atoms with Crippen LogP contribution in [-0.4, -0.2) is 25.2 Å². The Bertz CT molecular complexity index is 662. The third-order valence-corrected chi connectivity index (χ3v) is 3.61. The van der Waals surface area contributed by atoms with Crippen molar-refractivity contribution in [1.82, 2.24) is 0 Å². The van der Waals surface area contributed by atoms with Crippen molar-refractivity contribution in [3.8, 4) is 5.75 Å². The number of ether oxygens (including phenoxy) is 2. The molecule has 0 atom stereocenters. The first-order valence-corrected chi connectivity index (χ1v) is 7.78. The Morgan fingerprint density at radius 1 is 1.17 bits per heavy atom. The van der Waals surface area contributed by atoms with Crippen LogP contribution in [0.3, 0.4) is 0 Å². The molecule has 1 N–H and O–H groups in total. The van der Waals surface area contributed by atoms with Crippen LogP contribution >= 0.6 is 15.9 Å². The van der Waals surface area contributed by atoms with E-state index in [0.717, 1.165) is 11.3 Å². The van der Waals surface area contributed by atoms with E-state index in [1.165, 1.54) is 6.07 Å². The third-order valence-electron chi connectivity index (χ3n) is 3.12. The molecular formula is C16H17BrN2O4. The summed E-state index contributed by atoms with van der Waals surface area (Å²) in [6.07, 6.45) is 0. The first-order valence-electron chi connectivity index (χ1n) is 6.98. The number of hydrogen-bond donors (Lipinski definition) is 1. The molecule has 2 aromatic carbocycles. The van der Waals surface area contributed by atoms with Crippen molar-refractivity contribution in [1.29, 1.82) is 0 Å². The summed E-state index contributed by atoms with van der Waals surface area (Å²) in [4.78, 5) is 10.7. The van der Waals surface area contributed by atoms with Gasteiger partial charge in [0.05, 0.1) is 11.5 Å². The van der Waals surface area contributed by atoms with Crippen molar-refractivity contribution >= 4 is 27.3 Å². The number of nitro benzene ring substituents is 1. The molecule has 122 valence electrons. The van der Waals surface area contributed by atoms with Crippen molar-refractivity contribution in [3.63, 3.8) is 0 Å². The average Bonchev–Trinajstić information content (AvgIpc) is 2.55. The number of hydrogen-bond acceptors (Lipinski definition) is 5. The van der Waals surface area contributed by atoms with Gasteiger partial charge in [0.1, 0.15) is 18.0 Å². The SMILES string of the molecule is COCCOc1ccc(CNc2ccc(Br)cc2[N+](=O)[O-])cc1. The second-order valence-corrected chi connectivity index (χ2v) is 5.67. The Hall–Kier alpha value is -2.12. The topological polar surface area (TPSA) is 73.6 Å². The second-order valence-electron chi connectivity index (χ2n) is 4.76. The minimum atomic E-state index is -0.403. The molecular weight excluding hydrogens is 364 g/mol. The van der Waals surface area contributed by atoms with Crippen molar-refractivity contribution < 1.29 is 14.4 Å². The first kappa shape index (κ1) is 17.2. The van der Waals surface area contributed by atoms with Gasteiger partial charge in [-0.3, -0.25) is 10.1 Å². The highest BCUT2D eigenvalue weighted by atomic mass is 79.9. The number of benzene rings is 2. The Morgan fingerprint density at radius 3 is 2.57 bits per heavy atom. The van der Waals surface area contributed by atoms with Crippen molar-refractivity contribution in [2.75, 3.05) is 25.6 Å². The van der Waals surface area contributed by atoms with Gasteiger partial charge in [-0.05, 0) is 29.8 Å². The fourth-order valence-electron chi connectivity index (χ4n) is 1.95. The molecule has 0 aliphatic carbocycles. The average molecular weight is 381 g/mol. The highest BCUT2D eigenvalue weighted by Crippen LogP contribution is 2.28. The first-order chi connectivity index (χ1) is 11.1. The molecule has 6 nitrogen and oxygen atoms in total. The Kier molecular flexibility index (Phi) is 6.37. The molecule has 23 heavy (non-hydrogen) atoms. The maximum Gasteiger partial charge on any atom is 0.293 e. The van der Waals surface area contributed by atoms with E-state index in [9.17, 15) is 10.1 Å². The number of nitrogens with zero attached hydrogens (tertiary/aromatic N) is 1. The molecule has 0 heterocycles. The van der Waals surface area contributed by atoms with E-state index in [4.69, 9.17) is 9.47 Å². The zero-order valence-corrected chi connectivity index (χ0v) is 14.2. The zero-order chi connectivity index (χ0) is 16.7. The van der Waals surface area contributed by atoms with Gasteiger partial charge in [-0.2, -0.15) is 0 Å². The second kappa shape index (κ2) is 8.50. The third kappa shape index (κ3) is 5.22. The number of nitrogens with one attached hydrogen (secondary N) is 1. The van der Waals surface area contributed by atoms with Crippen LogP contribution in [0.5, 0.6) is 5.75 Å². The van der Waals surface area contributed by atoms with E-state index in [0.29, 0.717) is 29.9 Å². The van der Waals surface area contributed by atoms with Crippen LogP contribution < -0.4 is 10.1 Å². The van der Waals surface area contributed by atoms with Gasteiger partial charge < -0.3 is 14.8 Å². The predicted octanol–water partition coefficient (Wildman–Crippen LogP) is 3.99. The summed E-state index contributed by atoms with van der Waals surface area (Å²) in [5.74, 6) is 0.764. The molecule has 0 aliphatic rings. The highest BCUT2D eigenvalue weighted by molar-refractivity contribution is 9.10. The largest absolute Gasteiger partial charge is 0.491 e. The lowest BCUT2D eigenvalue weighted by Gasteiger charge is -2.09. The molecule has 0 amide bonds. The molecule has 0 unspecified atom stereocenters. The van der Waals surface area contributed by atoms with E-state index >= 15 is 0 Å². The minimum absolute atomic E-state index is 0.0406. The quantitative estimate of drug-likeness (QED) is 0.425. The van der Waals surface area contributed by atoms with Gasteiger partial charge in [0.25, 0.3) is 5.69 Å². The molecule has 0 aromatic heterocycles. The van der Waals surface area contributed by atoms with E-state index in [-0.39, 0.29) is 5.69 Å². The molecule has 0 saturated heterocycles. The molecule has 2 rings (SSSR count). The van der Waals surface area contributed by atoms with E-state index in [1.807, 2.05) is 24.3 Å². The number of rotatable bonds is 8. The summed E-state index contributed by atoms with van der Waals surface area (Å²) in [6, 6.07) is 12.5. The number of anilines is 1. The monoisotopic (exact) mass is 380 g/mol. The van der Waals surface area contributed by atoms with Gasteiger partial charge in [0.15, 0.2) is 0 Å². The van der Waals surface area contributed by atoms with Gasteiger partial charge in [-0.25, -0.2) is 0 Å². The molecule has 0 spiro atoms. The van der Waals surface area contributed by atoms with E-state index in [1.54, 1.807) is 19.2 Å². The van der Waals surface area contributed by atoms with Gasteiger partial charge in [0.2, 0.25) is 0 Å². The Labute approximate surface area is 142 Å². The standard InChI is InChI=1S/C16H17BrN2O4/c1-22-8-9-23-14-5-2-12(3-6-14)11-18-15-7-4-13(17)10-16(15)19(20)21/h2-7,10,18H,8-9,11H2,1H3. The fourth-order valence-corrected chi connectivity index (χ4v) is 2.30. The predicted molar refractivity (Wildman–Crippen MR) is 91.9 cm³/mol. The number of nitro groups is 1. The number of halogens is 1. The minimum Gasteiger partial charge on any atom is -0.491 e. The molecule has 7 heteroatoms. The van der Waals surface area contributed by atoms with Crippen molar-refractivity contribution in [3.05, 3.63) is 62.6 Å². The van der Waals surface area contributed by atoms with Crippen LogP contribution in [0.15, 0.2) is 46.9 Å². The molecule has 2 aromatic rings. The molecule has 0 bridgehead atoms. The van der Waals surface area contributed by atoms with Gasteiger partial charge in [-0.15, -0.1) is 0 Å². The van der Waals surface area contributed by atoms with Crippen LogP contribution in [0.2, 0.25) is 0 Å². The Morgan fingerprint density at radius 2 is 1.91 bits per heavy atom. The summed E-state index contributed by atoms with van der Waals surface area (Å²) in [7, 11) is 1.62. The number of methoxy groups -OCH3 is 1. The summed E-state index contributed by atoms with van der Waals surface area (Å²) in [6.45, 7) is 1.52.